The lowest BCUT2D eigenvalue weighted by atomic mass is 9.83. The Bertz CT molecular complexity index is 864. The average molecular weight is 387 g/mol. The normalized spacial score (nSPS) is 18.9. The van der Waals surface area contributed by atoms with E-state index in [9.17, 15) is 10.1 Å². The zero-order valence-electron chi connectivity index (χ0n) is 14.7. The molecule has 5 nitrogen and oxygen atoms in total. The first-order chi connectivity index (χ1) is 12.7. The highest BCUT2D eigenvalue weighted by atomic mass is 32.2. The molecule has 1 fully saturated rings. The SMILES string of the molecule is N#CC1(NC(=O)CSc2ncnc3sc4c(c23)CCCC4)CCCCC1. The summed E-state index contributed by atoms with van der Waals surface area (Å²) >= 11 is 3.24. The van der Waals surface area contributed by atoms with Crippen LogP contribution in [0.25, 0.3) is 10.2 Å². The van der Waals surface area contributed by atoms with Crippen LogP contribution in [0.15, 0.2) is 11.4 Å². The van der Waals surface area contributed by atoms with Crippen LogP contribution in [0.5, 0.6) is 0 Å². The maximum absolute atomic E-state index is 12.5. The van der Waals surface area contributed by atoms with Gasteiger partial charge in [0.2, 0.25) is 5.91 Å². The topological polar surface area (TPSA) is 78.7 Å². The number of nitrogens with one attached hydrogen (secondary N) is 1. The number of carbonyl (C=O) groups is 1. The molecule has 4 rings (SSSR count). The third kappa shape index (κ3) is 3.45. The van der Waals surface area contributed by atoms with Gasteiger partial charge in [-0.1, -0.05) is 31.0 Å². The average Bonchev–Trinajstić information content (AvgIpc) is 3.06. The Balaban J connectivity index is 1.49. The van der Waals surface area contributed by atoms with Gasteiger partial charge in [0.15, 0.2) is 0 Å². The number of carbonyl (C=O) groups excluding carboxylic acids is 1. The van der Waals surface area contributed by atoms with Crippen molar-refractivity contribution in [3.05, 3.63) is 16.8 Å². The van der Waals surface area contributed by atoms with E-state index in [0.29, 0.717) is 5.75 Å². The predicted octanol–water partition coefficient (Wildman–Crippen LogP) is 4.00. The van der Waals surface area contributed by atoms with Crippen LogP contribution >= 0.6 is 23.1 Å². The third-order valence-electron chi connectivity index (χ3n) is 5.36. The van der Waals surface area contributed by atoms with Crippen LogP contribution in [0.1, 0.15) is 55.4 Å². The van der Waals surface area contributed by atoms with Crippen molar-refractivity contribution in [3.63, 3.8) is 0 Å². The van der Waals surface area contributed by atoms with Gasteiger partial charge in [0.1, 0.15) is 21.7 Å². The van der Waals surface area contributed by atoms with Crippen LogP contribution in [0.2, 0.25) is 0 Å². The number of hydrogen-bond acceptors (Lipinski definition) is 6. The van der Waals surface area contributed by atoms with Gasteiger partial charge in [-0.05, 0) is 44.1 Å². The molecule has 2 aromatic heterocycles. The molecule has 0 radical (unpaired) electrons. The van der Waals surface area contributed by atoms with Crippen molar-refractivity contribution in [2.24, 2.45) is 0 Å². The van der Waals surface area contributed by atoms with Gasteiger partial charge in [-0.2, -0.15) is 5.26 Å². The number of hydrogen-bond donors (Lipinski definition) is 1. The standard InChI is InChI=1S/C19H22N4OS2/c20-11-19(8-4-1-5-9-19)23-15(24)10-25-17-16-13-6-2-3-7-14(13)26-18(16)22-12-21-17/h12H,1-10H2,(H,23,24). The first kappa shape index (κ1) is 17.7. The van der Waals surface area contributed by atoms with E-state index < -0.39 is 5.54 Å². The van der Waals surface area contributed by atoms with Crippen LogP contribution < -0.4 is 5.32 Å². The zero-order valence-corrected chi connectivity index (χ0v) is 16.3. The fraction of sp³-hybridized carbons (Fsp3) is 0.579. The van der Waals surface area contributed by atoms with Crippen molar-refractivity contribution in [3.8, 4) is 6.07 Å². The van der Waals surface area contributed by atoms with Gasteiger partial charge in [0.25, 0.3) is 0 Å². The molecule has 2 aliphatic carbocycles. The Morgan fingerprint density at radius 2 is 2.04 bits per heavy atom. The summed E-state index contributed by atoms with van der Waals surface area (Å²) in [6, 6.07) is 2.35. The number of amides is 1. The molecule has 0 aromatic carbocycles. The van der Waals surface area contributed by atoms with Crippen molar-refractivity contribution in [2.75, 3.05) is 5.75 Å². The molecule has 0 unspecified atom stereocenters. The fourth-order valence-electron chi connectivity index (χ4n) is 4.03. The number of rotatable bonds is 4. The Hall–Kier alpha value is -1.65. The second-order valence-corrected chi connectivity index (χ2v) is 9.21. The molecule has 1 saturated carbocycles. The predicted molar refractivity (Wildman–Crippen MR) is 104 cm³/mol. The molecule has 26 heavy (non-hydrogen) atoms. The van der Waals surface area contributed by atoms with Crippen molar-refractivity contribution < 1.29 is 4.79 Å². The highest BCUT2D eigenvalue weighted by molar-refractivity contribution is 8.00. The summed E-state index contributed by atoms with van der Waals surface area (Å²) in [5.41, 5.74) is 0.721. The van der Waals surface area contributed by atoms with Crippen LogP contribution in [0.3, 0.4) is 0 Å². The Labute approximate surface area is 161 Å². The van der Waals surface area contributed by atoms with E-state index in [0.717, 1.165) is 60.2 Å². The molecule has 2 aliphatic rings. The van der Waals surface area contributed by atoms with Gasteiger partial charge < -0.3 is 5.32 Å². The van der Waals surface area contributed by atoms with E-state index in [-0.39, 0.29) is 5.91 Å². The molecule has 0 saturated heterocycles. The second kappa shape index (κ2) is 7.53. The molecule has 136 valence electrons. The number of nitriles is 1. The minimum Gasteiger partial charge on any atom is -0.337 e. The van der Waals surface area contributed by atoms with Gasteiger partial charge in [-0.3, -0.25) is 4.79 Å². The first-order valence-corrected chi connectivity index (χ1v) is 11.1. The molecule has 1 amide bonds. The molecule has 2 aromatic rings. The molecular formula is C19H22N4OS2. The lowest BCUT2D eigenvalue weighted by Crippen LogP contribution is -2.49. The summed E-state index contributed by atoms with van der Waals surface area (Å²) in [6.07, 6.45) is 11.0. The van der Waals surface area contributed by atoms with E-state index in [1.54, 1.807) is 17.7 Å². The largest absolute Gasteiger partial charge is 0.337 e. The molecule has 0 atom stereocenters. The lowest BCUT2D eigenvalue weighted by molar-refractivity contribution is -0.120. The fourth-order valence-corrected chi connectivity index (χ4v) is 6.15. The highest BCUT2D eigenvalue weighted by Gasteiger charge is 2.33. The van der Waals surface area contributed by atoms with Crippen molar-refractivity contribution >= 4 is 39.2 Å². The molecule has 7 heteroatoms. The second-order valence-electron chi connectivity index (χ2n) is 7.16. The van der Waals surface area contributed by atoms with Crippen molar-refractivity contribution in [1.29, 1.82) is 5.26 Å². The van der Waals surface area contributed by atoms with E-state index in [1.165, 1.54) is 35.0 Å². The Morgan fingerprint density at radius 1 is 1.23 bits per heavy atom. The van der Waals surface area contributed by atoms with Gasteiger partial charge in [0.05, 0.1) is 11.8 Å². The van der Waals surface area contributed by atoms with Gasteiger partial charge >= 0.3 is 0 Å². The maximum Gasteiger partial charge on any atom is 0.231 e. The van der Waals surface area contributed by atoms with Crippen LogP contribution in [-0.2, 0) is 17.6 Å². The van der Waals surface area contributed by atoms with Crippen molar-refractivity contribution in [1.82, 2.24) is 15.3 Å². The third-order valence-corrected chi connectivity index (χ3v) is 7.55. The number of fused-ring (bicyclic) bond motifs is 3. The number of thiophene rings is 1. The number of nitrogens with zero attached hydrogens (tertiary/aromatic N) is 3. The summed E-state index contributed by atoms with van der Waals surface area (Å²) in [7, 11) is 0. The zero-order chi connectivity index (χ0) is 18.0. The first-order valence-electron chi connectivity index (χ1n) is 9.31. The van der Waals surface area contributed by atoms with Crippen LogP contribution in [0, 0.1) is 11.3 Å². The van der Waals surface area contributed by atoms with Crippen LogP contribution in [0.4, 0.5) is 0 Å². The maximum atomic E-state index is 12.5. The molecule has 0 bridgehead atoms. The number of aromatic nitrogens is 2. The Morgan fingerprint density at radius 3 is 2.85 bits per heavy atom. The van der Waals surface area contributed by atoms with Gasteiger partial charge in [-0.15, -0.1) is 11.3 Å². The Kier molecular flexibility index (Phi) is 5.14. The highest BCUT2D eigenvalue weighted by Crippen LogP contribution is 2.39. The van der Waals surface area contributed by atoms with Crippen molar-refractivity contribution in [2.45, 2.75) is 68.4 Å². The van der Waals surface area contributed by atoms with E-state index in [1.807, 2.05) is 0 Å². The molecule has 0 spiro atoms. The van der Waals surface area contributed by atoms with Gasteiger partial charge in [0, 0.05) is 10.3 Å². The summed E-state index contributed by atoms with van der Waals surface area (Å²) in [4.78, 5) is 23.9. The minimum absolute atomic E-state index is 0.0747. The monoisotopic (exact) mass is 386 g/mol. The summed E-state index contributed by atoms with van der Waals surface area (Å²) < 4.78 is 0. The summed E-state index contributed by atoms with van der Waals surface area (Å²) in [6.45, 7) is 0. The molecule has 0 aliphatic heterocycles. The molecular weight excluding hydrogens is 364 g/mol. The van der Waals surface area contributed by atoms with E-state index in [2.05, 4.69) is 21.4 Å². The summed E-state index contributed by atoms with van der Waals surface area (Å²) in [5.74, 6) is 0.217. The molecule has 2 heterocycles. The smallest absolute Gasteiger partial charge is 0.231 e. The van der Waals surface area contributed by atoms with E-state index in [4.69, 9.17) is 0 Å². The van der Waals surface area contributed by atoms with E-state index >= 15 is 0 Å². The quantitative estimate of drug-likeness (QED) is 0.634. The summed E-state index contributed by atoms with van der Waals surface area (Å²) in [5, 5.41) is 14.6. The molecule has 1 N–H and O–H groups in total. The minimum atomic E-state index is -0.668. The number of thioether (sulfide) groups is 1. The number of aryl methyl sites for hydroxylation is 2. The lowest BCUT2D eigenvalue weighted by Gasteiger charge is -2.31. The van der Waals surface area contributed by atoms with Gasteiger partial charge in [-0.25, -0.2) is 9.97 Å². The van der Waals surface area contributed by atoms with Crippen LogP contribution in [-0.4, -0.2) is 27.2 Å².